The molecule has 0 radical (unpaired) electrons. The monoisotopic (exact) mass is 527 g/mol. The minimum Gasteiger partial charge on any atom is -0.423 e. The number of imide groups is 1. The Hall–Kier alpha value is -2.87. The van der Waals surface area contributed by atoms with Crippen molar-refractivity contribution in [3.8, 4) is 5.75 Å². The fourth-order valence-electron chi connectivity index (χ4n) is 3.04. The van der Waals surface area contributed by atoms with Gasteiger partial charge in [0.05, 0.1) is 22.0 Å². The zero-order valence-electron chi connectivity index (χ0n) is 16.5. The van der Waals surface area contributed by atoms with Crippen LogP contribution in [0.5, 0.6) is 5.75 Å². The van der Waals surface area contributed by atoms with Gasteiger partial charge in [0.15, 0.2) is 0 Å². The highest BCUT2D eigenvalue weighted by Crippen LogP contribution is 2.34. The number of hydrogen-bond donors (Lipinski definition) is 0. The van der Waals surface area contributed by atoms with Gasteiger partial charge in [-0.05, 0) is 59.3 Å². The van der Waals surface area contributed by atoms with Gasteiger partial charge in [0.2, 0.25) is 0 Å². The van der Waals surface area contributed by atoms with E-state index in [0.29, 0.717) is 21.2 Å². The fraction of sp³-hybridized carbons (Fsp3) is 0.0417. The summed E-state index contributed by atoms with van der Waals surface area (Å²) in [6.45, 7) is 0.179. The average molecular weight is 529 g/mol. The van der Waals surface area contributed by atoms with Gasteiger partial charge in [0, 0.05) is 4.47 Å². The Bertz CT molecular complexity index is 1260. The molecule has 160 valence electrons. The van der Waals surface area contributed by atoms with Gasteiger partial charge < -0.3 is 4.74 Å². The van der Waals surface area contributed by atoms with Crippen molar-refractivity contribution in [2.75, 3.05) is 0 Å². The van der Waals surface area contributed by atoms with Gasteiger partial charge in [0.1, 0.15) is 5.75 Å². The molecule has 0 N–H and O–H groups in total. The maximum atomic E-state index is 12.8. The van der Waals surface area contributed by atoms with E-state index in [0.717, 1.165) is 21.8 Å². The van der Waals surface area contributed by atoms with Gasteiger partial charge in [-0.1, -0.05) is 70.0 Å². The number of halogens is 2. The minimum absolute atomic E-state index is 0.179. The third-order valence-corrected chi connectivity index (χ3v) is 6.63. The summed E-state index contributed by atoms with van der Waals surface area (Å²) < 4.78 is 6.25. The summed E-state index contributed by atoms with van der Waals surface area (Å²) in [5.74, 6) is -0.646. The number of ether oxygens (including phenoxy) is 1. The van der Waals surface area contributed by atoms with E-state index in [1.165, 1.54) is 4.90 Å². The van der Waals surface area contributed by atoms with Crippen LogP contribution >= 0.6 is 39.3 Å². The number of benzene rings is 3. The first-order valence-corrected chi connectivity index (χ1v) is 11.5. The van der Waals surface area contributed by atoms with E-state index >= 15 is 0 Å². The highest BCUT2D eigenvalue weighted by atomic mass is 79.9. The smallest absolute Gasteiger partial charge is 0.345 e. The first kappa shape index (κ1) is 22.3. The molecule has 0 spiro atoms. The van der Waals surface area contributed by atoms with Crippen molar-refractivity contribution in [3.63, 3.8) is 0 Å². The number of esters is 1. The third-order valence-electron chi connectivity index (χ3n) is 4.62. The Morgan fingerprint density at radius 3 is 2.56 bits per heavy atom. The summed E-state index contributed by atoms with van der Waals surface area (Å²) >= 11 is 10.4. The molecule has 3 aromatic rings. The summed E-state index contributed by atoms with van der Waals surface area (Å²) in [5.41, 5.74) is 1.72. The predicted octanol–water partition coefficient (Wildman–Crippen LogP) is 6.56. The van der Waals surface area contributed by atoms with Crippen LogP contribution in [0.2, 0.25) is 5.02 Å². The third kappa shape index (κ3) is 4.96. The van der Waals surface area contributed by atoms with Crippen LogP contribution in [0.4, 0.5) is 4.79 Å². The lowest BCUT2D eigenvalue weighted by molar-refractivity contribution is -0.123. The van der Waals surface area contributed by atoms with Crippen molar-refractivity contribution in [2.45, 2.75) is 6.54 Å². The van der Waals surface area contributed by atoms with Crippen molar-refractivity contribution in [1.82, 2.24) is 4.90 Å². The lowest BCUT2D eigenvalue weighted by Crippen LogP contribution is -2.27. The summed E-state index contributed by atoms with van der Waals surface area (Å²) in [7, 11) is 0. The maximum Gasteiger partial charge on any atom is 0.345 e. The molecule has 4 rings (SSSR count). The van der Waals surface area contributed by atoms with Crippen LogP contribution in [0.1, 0.15) is 21.5 Å². The lowest BCUT2D eigenvalue weighted by Gasteiger charge is -2.13. The van der Waals surface area contributed by atoms with E-state index in [9.17, 15) is 14.4 Å². The second kappa shape index (κ2) is 9.73. The molecule has 0 bridgehead atoms. The molecule has 2 amide bonds. The van der Waals surface area contributed by atoms with E-state index in [4.69, 9.17) is 16.3 Å². The number of carbonyl (C=O) groups excluding carboxylic acids is 3. The highest BCUT2D eigenvalue weighted by Gasteiger charge is 2.35. The molecule has 3 aromatic carbocycles. The molecule has 1 saturated heterocycles. The Morgan fingerprint density at radius 2 is 1.78 bits per heavy atom. The molecule has 0 atom stereocenters. The number of rotatable bonds is 5. The van der Waals surface area contributed by atoms with Crippen molar-refractivity contribution in [3.05, 3.63) is 104 Å². The average Bonchev–Trinajstić information content (AvgIpc) is 3.03. The topological polar surface area (TPSA) is 63.7 Å². The molecule has 1 aliphatic rings. The van der Waals surface area contributed by atoms with Crippen molar-refractivity contribution < 1.29 is 19.1 Å². The Morgan fingerprint density at radius 1 is 1.03 bits per heavy atom. The van der Waals surface area contributed by atoms with Gasteiger partial charge in [-0.15, -0.1) is 0 Å². The molecule has 0 aliphatic carbocycles. The first-order valence-electron chi connectivity index (χ1n) is 9.48. The number of hydrogen-bond acceptors (Lipinski definition) is 5. The van der Waals surface area contributed by atoms with Gasteiger partial charge >= 0.3 is 5.97 Å². The summed E-state index contributed by atoms with van der Waals surface area (Å²) in [4.78, 5) is 39.2. The lowest BCUT2D eigenvalue weighted by atomic mass is 10.2. The number of nitrogens with zero attached hydrogens (tertiary/aromatic N) is 1. The number of thioether (sulfide) groups is 1. The normalized spacial score (nSPS) is 14.8. The zero-order valence-corrected chi connectivity index (χ0v) is 19.6. The minimum atomic E-state index is -0.582. The van der Waals surface area contributed by atoms with Crippen LogP contribution in [-0.4, -0.2) is 22.0 Å². The number of amides is 2. The van der Waals surface area contributed by atoms with E-state index in [2.05, 4.69) is 15.9 Å². The Balaban J connectivity index is 1.51. The van der Waals surface area contributed by atoms with E-state index < -0.39 is 5.97 Å². The number of carbonyl (C=O) groups is 3. The second-order valence-electron chi connectivity index (χ2n) is 6.80. The van der Waals surface area contributed by atoms with Crippen LogP contribution in [0.15, 0.2) is 82.2 Å². The molecule has 0 unspecified atom stereocenters. The summed E-state index contributed by atoms with van der Waals surface area (Å²) in [5, 5.41) is -0.0364. The summed E-state index contributed by atoms with van der Waals surface area (Å²) in [6, 6.07) is 20.8. The summed E-state index contributed by atoms with van der Waals surface area (Å²) in [6.07, 6.45) is 1.61. The first-order chi connectivity index (χ1) is 15.4. The van der Waals surface area contributed by atoms with Crippen LogP contribution in [0, 0.1) is 0 Å². The molecule has 1 fully saturated rings. The molecule has 1 heterocycles. The molecule has 8 heteroatoms. The van der Waals surface area contributed by atoms with Crippen molar-refractivity contribution >= 4 is 62.5 Å². The van der Waals surface area contributed by atoms with E-state index in [-0.39, 0.29) is 23.3 Å². The van der Waals surface area contributed by atoms with Crippen LogP contribution in [0.3, 0.4) is 0 Å². The largest absolute Gasteiger partial charge is 0.423 e. The predicted molar refractivity (Wildman–Crippen MR) is 129 cm³/mol. The quantitative estimate of drug-likeness (QED) is 0.213. The Kier molecular flexibility index (Phi) is 6.79. The van der Waals surface area contributed by atoms with Gasteiger partial charge in [-0.3, -0.25) is 14.5 Å². The molecule has 1 aliphatic heterocycles. The molecule has 5 nitrogen and oxygen atoms in total. The SMILES string of the molecule is O=C(Oc1cccc(/C=C2\SC(=O)N(Cc3ccccc3Br)C2=O)c1)c1ccccc1Cl. The molecule has 0 saturated carbocycles. The van der Waals surface area contributed by atoms with Crippen LogP contribution in [0.25, 0.3) is 6.08 Å². The molecule has 32 heavy (non-hydrogen) atoms. The molecular weight excluding hydrogens is 514 g/mol. The molecular formula is C24H15BrClNO4S. The van der Waals surface area contributed by atoms with Gasteiger partial charge in [-0.25, -0.2) is 4.79 Å². The van der Waals surface area contributed by atoms with Crippen molar-refractivity contribution in [2.24, 2.45) is 0 Å². The van der Waals surface area contributed by atoms with Crippen molar-refractivity contribution in [1.29, 1.82) is 0 Å². The highest BCUT2D eigenvalue weighted by molar-refractivity contribution is 9.10. The molecule has 0 aromatic heterocycles. The van der Waals surface area contributed by atoms with Gasteiger partial charge in [-0.2, -0.15) is 0 Å². The van der Waals surface area contributed by atoms with E-state index in [1.807, 2.05) is 24.3 Å². The van der Waals surface area contributed by atoms with Crippen LogP contribution < -0.4 is 4.74 Å². The van der Waals surface area contributed by atoms with Crippen LogP contribution in [-0.2, 0) is 11.3 Å². The zero-order chi connectivity index (χ0) is 22.7. The Labute approximate surface area is 202 Å². The maximum absolute atomic E-state index is 12.8. The van der Waals surface area contributed by atoms with Gasteiger partial charge in [0.25, 0.3) is 11.1 Å². The van der Waals surface area contributed by atoms with E-state index in [1.54, 1.807) is 54.6 Å². The standard InChI is InChI=1S/C24H15BrClNO4S/c25-19-10-3-1-7-16(19)14-27-22(28)21(32-24(27)30)13-15-6-5-8-17(12-15)31-23(29)18-9-2-4-11-20(18)26/h1-13H,14H2/b21-13-. The fourth-order valence-corrected chi connectivity index (χ4v) is 4.50. The second-order valence-corrected chi connectivity index (χ2v) is 9.06.